The molecule has 0 radical (unpaired) electrons. The molecule has 8 heteroatoms. The number of carbonyl (C=O) groups is 2. The molecule has 0 aliphatic carbocycles. The van der Waals surface area contributed by atoms with Gasteiger partial charge in [-0.05, 0) is 74.4 Å². The van der Waals surface area contributed by atoms with Crippen LogP contribution in [0.3, 0.4) is 0 Å². The van der Waals surface area contributed by atoms with Crippen LogP contribution in [0.4, 0.5) is 8.78 Å². The molecule has 1 atom stereocenters. The standard InChI is InChI=1S/C31H37F2N3O3/c1-2-3-24(23-6-8-27(37)9-7-23)21-30(38)34-25-12-16-35(17-13-25)26-14-18-36(19-15-26)31(39)11-5-22-4-10-28(32)29(33)20-22/h4,6-10,20,24-26,37H,5,11-19,21H2,1H3,(H,34,38)/t24-/m0/s1. The van der Waals surface area contributed by atoms with Gasteiger partial charge in [0.15, 0.2) is 11.6 Å². The van der Waals surface area contributed by atoms with Crippen LogP contribution in [0.2, 0.25) is 0 Å². The van der Waals surface area contributed by atoms with Crippen molar-refractivity contribution in [2.24, 2.45) is 0 Å². The SMILES string of the molecule is CC#C[C@@H](CC(=O)NC1CCN(C2CCN(C(=O)CCc3ccc(F)c(F)c3)CC2)CC1)c1ccc(O)cc1. The Morgan fingerprint density at radius 2 is 1.69 bits per heavy atom. The molecule has 0 aromatic heterocycles. The first-order chi connectivity index (χ1) is 18.8. The van der Waals surface area contributed by atoms with Gasteiger partial charge in [0.2, 0.25) is 11.8 Å². The highest BCUT2D eigenvalue weighted by atomic mass is 19.2. The van der Waals surface area contributed by atoms with Crippen LogP contribution in [0, 0.1) is 23.5 Å². The normalized spacial score (nSPS) is 17.8. The van der Waals surface area contributed by atoms with Gasteiger partial charge in [-0.25, -0.2) is 8.78 Å². The van der Waals surface area contributed by atoms with E-state index in [9.17, 15) is 23.5 Å². The van der Waals surface area contributed by atoms with Crippen LogP contribution in [-0.4, -0.2) is 65.0 Å². The average molecular weight is 538 g/mol. The van der Waals surface area contributed by atoms with E-state index in [4.69, 9.17) is 0 Å². The van der Waals surface area contributed by atoms with Gasteiger partial charge in [0, 0.05) is 51.1 Å². The summed E-state index contributed by atoms with van der Waals surface area (Å²) in [4.78, 5) is 29.8. The van der Waals surface area contributed by atoms with Crippen molar-refractivity contribution in [1.29, 1.82) is 0 Å². The molecule has 0 spiro atoms. The van der Waals surface area contributed by atoms with Crippen molar-refractivity contribution in [3.8, 4) is 17.6 Å². The van der Waals surface area contributed by atoms with Gasteiger partial charge in [0.1, 0.15) is 5.75 Å². The fourth-order valence-corrected chi connectivity index (χ4v) is 5.60. The lowest BCUT2D eigenvalue weighted by atomic mass is 9.94. The van der Waals surface area contributed by atoms with E-state index in [0.29, 0.717) is 31.1 Å². The second kappa shape index (κ2) is 13.6. The number of likely N-dealkylation sites (tertiary alicyclic amines) is 2. The molecule has 2 N–H and O–H groups in total. The number of piperidine rings is 2. The van der Waals surface area contributed by atoms with Crippen molar-refractivity contribution < 1.29 is 23.5 Å². The number of aromatic hydroxyl groups is 1. The summed E-state index contributed by atoms with van der Waals surface area (Å²) in [5, 5.41) is 12.7. The molecule has 2 heterocycles. The molecule has 0 saturated carbocycles. The zero-order valence-electron chi connectivity index (χ0n) is 22.5. The Morgan fingerprint density at radius 3 is 2.33 bits per heavy atom. The molecule has 2 aromatic rings. The Kier molecular flexibility index (Phi) is 9.94. The van der Waals surface area contributed by atoms with Gasteiger partial charge in [-0.2, -0.15) is 0 Å². The minimum atomic E-state index is -0.881. The number of halogens is 2. The van der Waals surface area contributed by atoms with Crippen molar-refractivity contribution in [1.82, 2.24) is 15.1 Å². The third kappa shape index (κ3) is 8.03. The fraction of sp³-hybridized carbons (Fsp3) is 0.484. The highest BCUT2D eigenvalue weighted by Crippen LogP contribution is 2.24. The molecule has 0 bridgehead atoms. The summed E-state index contributed by atoms with van der Waals surface area (Å²) in [5.41, 5.74) is 1.54. The topological polar surface area (TPSA) is 72.9 Å². The van der Waals surface area contributed by atoms with Crippen molar-refractivity contribution >= 4 is 11.8 Å². The third-order valence-corrected chi connectivity index (χ3v) is 7.84. The van der Waals surface area contributed by atoms with E-state index in [0.717, 1.165) is 56.5 Å². The third-order valence-electron chi connectivity index (χ3n) is 7.84. The van der Waals surface area contributed by atoms with Gasteiger partial charge in [-0.1, -0.05) is 24.1 Å². The molecule has 6 nitrogen and oxygen atoms in total. The number of amides is 2. The van der Waals surface area contributed by atoms with Crippen LogP contribution in [0.5, 0.6) is 5.75 Å². The summed E-state index contributed by atoms with van der Waals surface area (Å²) in [5.74, 6) is 4.29. The Morgan fingerprint density at radius 1 is 1.00 bits per heavy atom. The lowest BCUT2D eigenvalue weighted by Crippen LogP contribution is -2.51. The maximum Gasteiger partial charge on any atom is 0.222 e. The Bertz CT molecular complexity index is 1190. The number of nitrogens with zero attached hydrogens (tertiary/aromatic N) is 2. The van der Waals surface area contributed by atoms with Gasteiger partial charge >= 0.3 is 0 Å². The highest BCUT2D eigenvalue weighted by molar-refractivity contribution is 5.78. The largest absolute Gasteiger partial charge is 0.508 e. The molecule has 208 valence electrons. The quantitative estimate of drug-likeness (QED) is 0.491. The number of phenolic OH excluding ortho intramolecular Hbond substituents is 1. The number of hydrogen-bond acceptors (Lipinski definition) is 4. The zero-order valence-corrected chi connectivity index (χ0v) is 22.5. The maximum atomic E-state index is 13.4. The van der Waals surface area contributed by atoms with Gasteiger partial charge in [0.05, 0.1) is 5.92 Å². The van der Waals surface area contributed by atoms with Crippen LogP contribution in [-0.2, 0) is 16.0 Å². The second-order valence-electron chi connectivity index (χ2n) is 10.5. The molecule has 2 amide bonds. The van der Waals surface area contributed by atoms with Crippen LogP contribution >= 0.6 is 0 Å². The minimum absolute atomic E-state index is 0.00975. The molecule has 2 aliphatic heterocycles. The number of rotatable bonds is 8. The number of hydrogen-bond donors (Lipinski definition) is 2. The highest BCUT2D eigenvalue weighted by Gasteiger charge is 2.30. The Hall–Kier alpha value is -3.44. The molecule has 4 rings (SSSR count). The molecule has 2 aromatic carbocycles. The van der Waals surface area contributed by atoms with Crippen molar-refractivity contribution in [3.05, 3.63) is 65.2 Å². The first-order valence-corrected chi connectivity index (χ1v) is 13.8. The smallest absolute Gasteiger partial charge is 0.222 e. The summed E-state index contributed by atoms with van der Waals surface area (Å²) >= 11 is 0. The van der Waals surface area contributed by atoms with Gasteiger partial charge in [-0.3, -0.25) is 9.59 Å². The summed E-state index contributed by atoms with van der Waals surface area (Å²) in [6, 6.07) is 11.2. The molecular formula is C31H37F2N3O3. The number of carbonyl (C=O) groups excluding carboxylic acids is 2. The second-order valence-corrected chi connectivity index (χ2v) is 10.5. The fourth-order valence-electron chi connectivity index (χ4n) is 5.60. The lowest BCUT2D eigenvalue weighted by molar-refractivity contribution is -0.132. The molecule has 0 unspecified atom stereocenters. The van der Waals surface area contributed by atoms with Gasteiger partial charge in [-0.15, -0.1) is 5.92 Å². The van der Waals surface area contributed by atoms with E-state index in [-0.39, 0.29) is 42.4 Å². The van der Waals surface area contributed by atoms with Crippen LogP contribution in [0.15, 0.2) is 42.5 Å². The number of nitrogens with one attached hydrogen (secondary N) is 1. The summed E-state index contributed by atoms with van der Waals surface area (Å²) < 4.78 is 26.5. The van der Waals surface area contributed by atoms with Crippen LogP contribution in [0.1, 0.15) is 62.5 Å². The van der Waals surface area contributed by atoms with E-state index < -0.39 is 11.6 Å². The predicted molar refractivity (Wildman–Crippen MR) is 146 cm³/mol. The van der Waals surface area contributed by atoms with Crippen molar-refractivity contribution in [2.45, 2.75) is 69.9 Å². The van der Waals surface area contributed by atoms with E-state index >= 15 is 0 Å². The molecular weight excluding hydrogens is 500 g/mol. The number of aryl methyl sites for hydroxylation is 1. The minimum Gasteiger partial charge on any atom is -0.508 e. The van der Waals surface area contributed by atoms with E-state index in [1.54, 1.807) is 19.1 Å². The van der Waals surface area contributed by atoms with Gasteiger partial charge in [0.25, 0.3) is 0 Å². The first-order valence-electron chi connectivity index (χ1n) is 13.8. The molecule has 2 saturated heterocycles. The maximum absolute atomic E-state index is 13.4. The average Bonchev–Trinajstić information content (AvgIpc) is 2.94. The van der Waals surface area contributed by atoms with E-state index in [1.165, 1.54) is 6.07 Å². The first kappa shape index (κ1) is 28.6. The van der Waals surface area contributed by atoms with Crippen molar-refractivity contribution in [3.63, 3.8) is 0 Å². The number of phenols is 1. The van der Waals surface area contributed by atoms with Crippen LogP contribution in [0.25, 0.3) is 0 Å². The monoisotopic (exact) mass is 537 g/mol. The van der Waals surface area contributed by atoms with E-state index in [2.05, 4.69) is 22.1 Å². The van der Waals surface area contributed by atoms with E-state index in [1.807, 2.05) is 17.0 Å². The summed E-state index contributed by atoms with van der Waals surface area (Å²) in [6.45, 7) is 4.99. The lowest BCUT2D eigenvalue weighted by Gasteiger charge is -2.42. The van der Waals surface area contributed by atoms with Crippen molar-refractivity contribution in [2.75, 3.05) is 26.2 Å². The molecule has 2 fully saturated rings. The summed E-state index contributed by atoms with van der Waals surface area (Å²) in [6.07, 6.45) is 4.59. The Balaban J connectivity index is 1.16. The molecule has 39 heavy (non-hydrogen) atoms. The number of benzene rings is 2. The summed E-state index contributed by atoms with van der Waals surface area (Å²) in [7, 11) is 0. The Labute approximate surface area is 229 Å². The predicted octanol–water partition coefficient (Wildman–Crippen LogP) is 4.37. The zero-order chi connectivity index (χ0) is 27.8. The molecule has 2 aliphatic rings. The van der Waals surface area contributed by atoms with Crippen LogP contribution < -0.4 is 5.32 Å². The van der Waals surface area contributed by atoms with Gasteiger partial charge < -0.3 is 20.2 Å².